The molecule has 0 fully saturated rings. The molecule has 6 heteroatoms. The van der Waals surface area contributed by atoms with Crippen LogP contribution in [0.5, 0.6) is 0 Å². The lowest BCUT2D eigenvalue weighted by molar-refractivity contribution is -0.139. The van der Waals surface area contributed by atoms with Crippen LogP contribution in [-0.2, 0) is 24.1 Å². The van der Waals surface area contributed by atoms with Crippen LogP contribution in [0.25, 0.3) is 0 Å². The molecule has 1 amide bonds. The van der Waals surface area contributed by atoms with Crippen molar-refractivity contribution in [3.05, 3.63) is 69.1 Å². The second-order valence-corrected chi connectivity index (χ2v) is 6.28. The van der Waals surface area contributed by atoms with Gasteiger partial charge in [-0.25, -0.2) is 4.79 Å². The molecule has 0 unspecified atom stereocenters. The summed E-state index contributed by atoms with van der Waals surface area (Å²) in [6.07, 6.45) is 3.82. The number of hydrogen-bond acceptors (Lipinski definition) is 3. The van der Waals surface area contributed by atoms with Gasteiger partial charge in [-0.05, 0) is 42.9 Å². The molecule has 1 aromatic heterocycles. The molecule has 0 spiro atoms. The Morgan fingerprint density at radius 2 is 1.88 bits per heavy atom. The van der Waals surface area contributed by atoms with Gasteiger partial charge >= 0.3 is 5.97 Å². The molecule has 1 atom stereocenters. The summed E-state index contributed by atoms with van der Waals surface area (Å²) in [6, 6.07) is 9.57. The summed E-state index contributed by atoms with van der Waals surface area (Å²) in [5, 5.41) is 11.9. The first-order valence-corrected chi connectivity index (χ1v) is 8.37. The number of fused-ring (bicyclic) bond motifs is 1. The van der Waals surface area contributed by atoms with Gasteiger partial charge in [0.05, 0.1) is 0 Å². The molecular formula is C19H20N2O4. The predicted octanol–water partition coefficient (Wildman–Crippen LogP) is 1.68. The number of rotatable bonds is 5. The summed E-state index contributed by atoms with van der Waals surface area (Å²) < 4.78 is 0. The molecule has 0 bridgehead atoms. The average Bonchev–Trinajstić information content (AvgIpc) is 2.61. The summed E-state index contributed by atoms with van der Waals surface area (Å²) >= 11 is 0. The van der Waals surface area contributed by atoms with Crippen molar-refractivity contribution in [2.45, 2.75) is 38.1 Å². The average molecular weight is 340 g/mol. The molecule has 2 aromatic rings. The highest BCUT2D eigenvalue weighted by Crippen LogP contribution is 2.18. The highest BCUT2D eigenvalue weighted by molar-refractivity contribution is 5.96. The maximum absolute atomic E-state index is 12.5. The molecule has 3 rings (SSSR count). The van der Waals surface area contributed by atoms with Crippen molar-refractivity contribution in [1.82, 2.24) is 10.3 Å². The Morgan fingerprint density at radius 3 is 2.60 bits per heavy atom. The number of carbonyl (C=O) groups excluding carboxylic acids is 1. The van der Waals surface area contributed by atoms with E-state index in [-0.39, 0.29) is 12.0 Å². The fraction of sp³-hybridized carbons (Fsp3) is 0.316. The molecule has 6 nitrogen and oxygen atoms in total. The zero-order valence-corrected chi connectivity index (χ0v) is 13.7. The number of benzene rings is 1. The van der Waals surface area contributed by atoms with Crippen molar-refractivity contribution in [3.63, 3.8) is 0 Å². The summed E-state index contributed by atoms with van der Waals surface area (Å²) in [4.78, 5) is 38.9. The zero-order chi connectivity index (χ0) is 17.8. The summed E-state index contributed by atoms with van der Waals surface area (Å²) in [5.41, 5.74) is 2.15. The van der Waals surface area contributed by atoms with Gasteiger partial charge in [-0.15, -0.1) is 0 Å². The van der Waals surface area contributed by atoms with Gasteiger partial charge in [-0.1, -0.05) is 30.3 Å². The Kier molecular flexibility index (Phi) is 4.97. The van der Waals surface area contributed by atoms with Gasteiger partial charge in [0, 0.05) is 12.1 Å². The molecule has 1 aliphatic rings. The van der Waals surface area contributed by atoms with Gasteiger partial charge in [-0.2, -0.15) is 0 Å². The van der Waals surface area contributed by atoms with Crippen LogP contribution in [0.4, 0.5) is 0 Å². The first-order valence-electron chi connectivity index (χ1n) is 8.37. The highest BCUT2D eigenvalue weighted by atomic mass is 16.4. The third-order valence-electron chi connectivity index (χ3n) is 4.47. The summed E-state index contributed by atoms with van der Waals surface area (Å²) in [5.74, 6) is -1.79. The minimum Gasteiger partial charge on any atom is -0.480 e. The van der Waals surface area contributed by atoms with Crippen molar-refractivity contribution < 1.29 is 14.7 Å². The van der Waals surface area contributed by atoms with Crippen molar-refractivity contribution in [1.29, 1.82) is 0 Å². The van der Waals surface area contributed by atoms with Gasteiger partial charge in [0.15, 0.2) is 0 Å². The first kappa shape index (κ1) is 17.0. The smallest absolute Gasteiger partial charge is 0.326 e. The highest BCUT2D eigenvalue weighted by Gasteiger charge is 2.23. The Bertz CT molecular complexity index is 842. The van der Waals surface area contributed by atoms with E-state index in [9.17, 15) is 19.5 Å². The molecule has 0 aliphatic heterocycles. The van der Waals surface area contributed by atoms with Crippen molar-refractivity contribution >= 4 is 11.9 Å². The third-order valence-corrected chi connectivity index (χ3v) is 4.47. The van der Waals surface area contributed by atoms with E-state index < -0.39 is 23.5 Å². The van der Waals surface area contributed by atoms with E-state index >= 15 is 0 Å². The minimum atomic E-state index is -1.13. The number of hydrogen-bond donors (Lipinski definition) is 3. The van der Waals surface area contributed by atoms with E-state index in [1.54, 1.807) is 18.2 Å². The number of pyridine rings is 1. The Balaban J connectivity index is 1.80. The van der Waals surface area contributed by atoms with Gasteiger partial charge in [0.25, 0.3) is 11.5 Å². The van der Waals surface area contributed by atoms with E-state index in [0.29, 0.717) is 0 Å². The van der Waals surface area contributed by atoms with E-state index in [1.165, 1.54) is 0 Å². The minimum absolute atomic E-state index is 0.0278. The van der Waals surface area contributed by atoms with Crippen LogP contribution in [0, 0.1) is 0 Å². The van der Waals surface area contributed by atoms with E-state index in [2.05, 4.69) is 10.3 Å². The van der Waals surface area contributed by atoms with Crippen molar-refractivity contribution in [2.75, 3.05) is 0 Å². The first-order chi connectivity index (χ1) is 12.0. The number of aromatic amines is 1. The maximum Gasteiger partial charge on any atom is 0.326 e. The van der Waals surface area contributed by atoms with Gasteiger partial charge in [-0.3, -0.25) is 9.59 Å². The molecule has 1 heterocycles. The van der Waals surface area contributed by atoms with Crippen LogP contribution in [0.3, 0.4) is 0 Å². The fourth-order valence-corrected chi connectivity index (χ4v) is 3.13. The largest absolute Gasteiger partial charge is 0.480 e. The lowest BCUT2D eigenvalue weighted by atomic mass is 9.95. The maximum atomic E-state index is 12.5. The Hall–Kier alpha value is -2.89. The van der Waals surface area contributed by atoms with Crippen LogP contribution >= 0.6 is 0 Å². The van der Waals surface area contributed by atoms with Crippen molar-refractivity contribution in [2.24, 2.45) is 0 Å². The molecular weight excluding hydrogens is 320 g/mol. The SMILES string of the molecule is O=C(N[C@H](Cc1ccccc1)C(=O)O)c1cc2c([nH]c1=O)CCCC2. The fourth-order valence-electron chi connectivity index (χ4n) is 3.13. The van der Waals surface area contributed by atoms with Crippen LogP contribution in [0.1, 0.15) is 40.0 Å². The molecule has 0 saturated heterocycles. The summed E-state index contributed by atoms with van der Waals surface area (Å²) in [6.45, 7) is 0. The standard InChI is InChI=1S/C19H20N2O4/c22-17-14(11-13-8-4-5-9-15(13)20-17)18(23)21-16(19(24)25)10-12-6-2-1-3-7-12/h1-3,6-7,11,16H,4-5,8-10H2,(H,20,22)(H,21,23)(H,24,25)/t16-/m1/s1. The zero-order valence-electron chi connectivity index (χ0n) is 13.7. The van der Waals surface area contributed by atoms with Gasteiger partial charge < -0.3 is 15.4 Å². The van der Waals surface area contributed by atoms with E-state index in [4.69, 9.17) is 0 Å². The summed E-state index contributed by atoms with van der Waals surface area (Å²) in [7, 11) is 0. The van der Waals surface area contributed by atoms with Gasteiger partial charge in [0.1, 0.15) is 11.6 Å². The van der Waals surface area contributed by atoms with Crippen LogP contribution in [-0.4, -0.2) is 28.0 Å². The normalized spacial score (nSPS) is 14.4. The lowest BCUT2D eigenvalue weighted by Gasteiger charge is -2.17. The Morgan fingerprint density at radius 1 is 1.16 bits per heavy atom. The third kappa shape index (κ3) is 3.96. The second kappa shape index (κ2) is 7.34. The molecule has 25 heavy (non-hydrogen) atoms. The number of amides is 1. The second-order valence-electron chi connectivity index (χ2n) is 6.28. The van der Waals surface area contributed by atoms with Crippen LogP contribution in [0.2, 0.25) is 0 Å². The van der Waals surface area contributed by atoms with Crippen LogP contribution < -0.4 is 10.9 Å². The topological polar surface area (TPSA) is 99.3 Å². The predicted molar refractivity (Wildman–Crippen MR) is 92.7 cm³/mol. The number of aryl methyl sites for hydroxylation is 2. The quantitative estimate of drug-likeness (QED) is 0.771. The number of aromatic nitrogens is 1. The number of carbonyl (C=O) groups is 2. The van der Waals surface area contributed by atoms with Crippen LogP contribution in [0.15, 0.2) is 41.2 Å². The monoisotopic (exact) mass is 340 g/mol. The molecule has 3 N–H and O–H groups in total. The van der Waals surface area contributed by atoms with Gasteiger partial charge in [0.2, 0.25) is 0 Å². The van der Waals surface area contributed by atoms with E-state index in [0.717, 1.165) is 42.5 Å². The lowest BCUT2D eigenvalue weighted by Crippen LogP contribution is -2.44. The van der Waals surface area contributed by atoms with Crippen molar-refractivity contribution in [3.8, 4) is 0 Å². The molecule has 0 saturated carbocycles. The number of carboxylic acid groups (broad SMARTS) is 1. The number of nitrogens with one attached hydrogen (secondary N) is 2. The molecule has 1 aromatic carbocycles. The molecule has 1 aliphatic carbocycles. The Labute approximate surface area is 144 Å². The number of carboxylic acids is 1. The molecule has 130 valence electrons. The molecule has 0 radical (unpaired) electrons. The number of H-pyrrole nitrogens is 1. The van der Waals surface area contributed by atoms with E-state index in [1.807, 2.05) is 18.2 Å². The number of aliphatic carboxylic acids is 1.